The van der Waals surface area contributed by atoms with Crippen LogP contribution in [0.15, 0.2) is 14.6 Å². The fourth-order valence-electron chi connectivity index (χ4n) is 1.40. The van der Waals surface area contributed by atoms with Crippen molar-refractivity contribution in [3.05, 3.63) is 26.4 Å². The number of amidine groups is 1. The fourth-order valence-corrected chi connectivity index (χ4v) is 1.40. The van der Waals surface area contributed by atoms with E-state index in [1.807, 2.05) is 27.7 Å². The molecule has 0 saturated heterocycles. The van der Waals surface area contributed by atoms with E-state index in [0.29, 0.717) is 0 Å². The van der Waals surface area contributed by atoms with Crippen molar-refractivity contribution in [2.75, 3.05) is 0 Å². The van der Waals surface area contributed by atoms with Crippen molar-refractivity contribution in [1.82, 2.24) is 15.3 Å². The second-order valence-corrected chi connectivity index (χ2v) is 4.50. The number of hydrogen-bond donors (Lipinski definition) is 4. The van der Waals surface area contributed by atoms with E-state index in [2.05, 4.69) is 20.3 Å². The molecule has 0 spiro atoms. The van der Waals surface area contributed by atoms with Crippen LogP contribution in [0.4, 0.5) is 0 Å². The lowest BCUT2D eigenvalue weighted by Gasteiger charge is -2.14. The van der Waals surface area contributed by atoms with E-state index in [1.165, 1.54) is 0 Å². The maximum atomic E-state index is 11.7. The van der Waals surface area contributed by atoms with Gasteiger partial charge in [-0.1, -0.05) is 0 Å². The zero-order chi connectivity index (χ0) is 13.9. The lowest BCUT2D eigenvalue weighted by Crippen LogP contribution is -2.38. The summed E-state index contributed by atoms with van der Waals surface area (Å²) < 4.78 is 0. The average Bonchev–Trinajstić information content (AvgIpc) is 2.12. The Kier molecular flexibility index (Phi) is 4.30. The molecule has 0 radical (unpaired) electrons. The van der Waals surface area contributed by atoms with Gasteiger partial charge in [0.05, 0.1) is 0 Å². The van der Waals surface area contributed by atoms with Crippen LogP contribution in [-0.2, 0) is 0 Å². The van der Waals surface area contributed by atoms with E-state index in [9.17, 15) is 14.7 Å². The van der Waals surface area contributed by atoms with E-state index in [1.54, 1.807) is 0 Å². The van der Waals surface area contributed by atoms with Crippen LogP contribution in [0, 0.1) is 0 Å². The molecular weight excluding hydrogens is 236 g/mol. The highest BCUT2D eigenvalue weighted by Gasteiger charge is 2.16. The second-order valence-electron chi connectivity index (χ2n) is 4.50. The summed E-state index contributed by atoms with van der Waals surface area (Å²) >= 11 is 0. The molecule has 0 atom stereocenters. The summed E-state index contributed by atoms with van der Waals surface area (Å²) in [6, 6.07) is -0.0230. The van der Waals surface area contributed by atoms with Crippen molar-refractivity contribution in [2.45, 2.75) is 39.8 Å². The molecule has 7 heteroatoms. The average molecular weight is 254 g/mol. The first-order chi connectivity index (χ1) is 8.31. The molecule has 1 rings (SSSR count). The standard InChI is InChI=1S/C11H18N4O3/c1-5(2)12-8(13-6(3)4)7-9(16)14-11(18)15-10(7)17/h5-6H,1-4H3,(H,12,13)(H3,14,15,16,17,18). The third-order valence-corrected chi connectivity index (χ3v) is 1.97. The molecule has 1 heterocycles. The number of aromatic amines is 2. The van der Waals surface area contributed by atoms with Crippen LogP contribution in [0.1, 0.15) is 33.3 Å². The minimum Gasteiger partial charge on any atom is -0.494 e. The smallest absolute Gasteiger partial charge is 0.328 e. The zero-order valence-electron chi connectivity index (χ0n) is 10.9. The lowest BCUT2D eigenvalue weighted by molar-refractivity contribution is 0.446. The Labute approximate surface area is 104 Å². The highest BCUT2D eigenvalue weighted by molar-refractivity contribution is 6.00. The van der Waals surface area contributed by atoms with Crippen molar-refractivity contribution in [2.24, 2.45) is 4.99 Å². The summed E-state index contributed by atoms with van der Waals surface area (Å²) in [6.45, 7) is 7.46. The summed E-state index contributed by atoms with van der Waals surface area (Å²) in [5, 5.41) is 12.6. The molecule has 0 aromatic carbocycles. The van der Waals surface area contributed by atoms with Gasteiger partial charge in [-0.25, -0.2) is 4.79 Å². The van der Waals surface area contributed by atoms with Crippen LogP contribution >= 0.6 is 0 Å². The maximum absolute atomic E-state index is 11.7. The largest absolute Gasteiger partial charge is 0.494 e. The quantitative estimate of drug-likeness (QED) is 0.446. The molecule has 0 unspecified atom stereocenters. The third kappa shape index (κ3) is 3.47. The number of nitrogens with one attached hydrogen (secondary N) is 3. The number of nitrogens with zero attached hydrogens (tertiary/aromatic N) is 1. The molecule has 0 saturated carbocycles. The van der Waals surface area contributed by atoms with Gasteiger partial charge in [0.1, 0.15) is 11.4 Å². The SMILES string of the molecule is CC(C)N=C(NC(C)C)c1c(O)[nH]c(=O)[nH]c1=O. The Hall–Kier alpha value is -2.05. The molecule has 0 bridgehead atoms. The van der Waals surface area contributed by atoms with E-state index < -0.39 is 17.1 Å². The lowest BCUT2D eigenvalue weighted by atomic mass is 10.2. The van der Waals surface area contributed by atoms with Gasteiger partial charge in [-0.3, -0.25) is 19.8 Å². The summed E-state index contributed by atoms with van der Waals surface area (Å²) in [4.78, 5) is 31.1. The van der Waals surface area contributed by atoms with Gasteiger partial charge >= 0.3 is 5.69 Å². The van der Waals surface area contributed by atoms with Crippen molar-refractivity contribution >= 4 is 5.84 Å². The molecule has 0 amide bonds. The first-order valence-electron chi connectivity index (χ1n) is 5.71. The molecule has 0 aliphatic carbocycles. The molecule has 18 heavy (non-hydrogen) atoms. The van der Waals surface area contributed by atoms with Gasteiger partial charge in [-0.05, 0) is 27.7 Å². The fraction of sp³-hybridized carbons (Fsp3) is 0.545. The van der Waals surface area contributed by atoms with E-state index in [0.717, 1.165) is 0 Å². The predicted molar refractivity (Wildman–Crippen MR) is 69.3 cm³/mol. The molecule has 1 aromatic heterocycles. The van der Waals surface area contributed by atoms with Gasteiger partial charge in [0.25, 0.3) is 5.56 Å². The number of aromatic hydroxyl groups is 1. The highest BCUT2D eigenvalue weighted by atomic mass is 16.3. The van der Waals surface area contributed by atoms with Crippen molar-refractivity contribution < 1.29 is 5.11 Å². The topological polar surface area (TPSA) is 110 Å². The normalized spacial score (nSPS) is 12.2. The van der Waals surface area contributed by atoms with Crippen LogP contribution in [0.25, 0.3) is 0 Å². The first-order valence-corrected chi connectivity index (χ1v) is 5.71. The Balaban J connectivity index is 3.39. The first kappa shape index (κ1) is 14.0. The monoisotopic (exact) mass is 254 g/mol. The molecule has 4 N–H and O–H groups in total. The molecule has 0 fully saturated rings. The van der Waals surface area contributed by atoms with Crippen molar-refractivity contribution in [3.8, 4) is 5.88 Å². The number of rotatable bonds is 3. The minimum absolute atomic E-state index is 0.0354. The minimum atomic E-state index is -0.755. The molecule has 0 aliphatic heterocycles. The molecule has 0 aliphatic rings. The van der Waals surface area contributed by atoms with Crippen LogP contribution < -0.4 is 16.6 Å². The number of aliphatic imine (C=N–C) groups is 1. The summed E-state index contributed by atoms with van der Waals surface area (Å²) in [5.41, 5.74) is -1.49. The Bertz CT molecular complexity index is 554. The van der Waals surface area contributed by atoms with Gasteiger partial charge in [0.2, 0.25) is 5.88 Å². The Morgan fingerprint density at radius 2 is 1.83 bits per heavy atom. The number of aromatic nitrogens is 2. The van der Waals surface area contributed by atoms with E-state index in [-0.39, 0.29) is 23.5 Å². The summed E-state index contributed by atoms with van der Waals surface area (Å²) in [5.74, 6) is -0.230. The summed E-state index contributed by atoms with van der Waals surface area (Å²) in [6.07, 6.45) is 0. The Morgan fingerprint density at radius 1 is 1.22 bits per heavy atom. The van der Waals surface area contributed by atoms with Crippen molar-refractivity contribution in [3.63, 3.8) is 0 Å². The van der Waals surface area contributed by atoms with E-state index in [4.69, 9.17) is 0 Å². The van der Waals surface area contributed by atoms with E-state index >= 15 is 0 Å². The van der Waals surface area contributed by atoms with Crippen LogP contribution in [0.5, 0.6) is 5.88 Å². The van der Waals surface area contributed by atoms with Crippen LogP contribution in [0.2, 0.25) is 0 Å². The second kappa shape index (κ2) is 5.52. The van der Waals surface area contributed by atoms with Gasteiger partial charge in [-0.2, -0.15) is 0 Å². The third-order valence-electron chi connectivity index (χ3n) is 1.97. The molecular formula is C11H18N4O3. The zero-order valence-corrected chi connectivity index (χ0v) is 10.9. The van der Waals surface area contributed by atoms with Gasteiger partial charge in [-0.15, -0.1) is 0 Å². The van der Waals surface area contributed by atoms with Gasteiger partial charge in [0.15, 0.2) is 0 Å². The van der Waals surface area contributed by atoms with Crippen molar-refractivity contribution in [1.29, 1.82) is 0 Å². The maximum Gasteiger partial charge on any atom is 0.328 e. The molecule has 100 valence electrons. The number of H-pyrrole nitrogens is 2. The molecule has 1 aromatic rings. The predicted octanol–water partition coefficient (Wildman–Crippen LogP) is -0.0782. The Morgan fingerprint density at radius 3 is 2.28 bits per heavy atom. The van der Waals surface area contributed by atoms with Gasteiger partial charge < -0.3 is 10.4 Å². The molecule has 7 nitrogen and oxygen atoms in total. The van der Waals surface area contributed by atoms with Crippen LogP contribution in [0.3, 0.4) is 0 Å². The summed E-state index contributed by atoms with van der Waals surface area (Å²) in [7, 11) is 0. The van der Waals surface area contributed by atoms with Crippen LogP contribution in [-0.4, -0.2) is 33.0 Å². The highest BCUT2D eigenvalue weighted by Crippen LogP contribution is 2.07. The number of hydrogen-bond acceptors (Lipinski definition) is 4. The van der Waals surface area contributed by atoms with Gasteiger partial charge in [0, 0.05) is 12.1 Å².